The van der Waals surface area contributed by atoms with Gasteiger partial charge in [-0.25, -0.2) is 4.98 Å². The summed E-state index contributed by atoms with van der Waals surface area (Å²) in [7, 11) is 3.98. The molecular weight excluding hydrogens is 436 g/mol. The van der Waals surface area contributed by atoms with E-state index in [0.29, 0.717) is 18.7 Å². The van der Waals surface area contributed by atoms with Crippen molar-refractivity contribution in [1.82, 2.24) is 9.88 Å². The summed E-state index contributed by atoms with van der Waals surface area (Å²) in [5.41, 5.74) is 2.61. The molecule has 0 spiro atoms. The number of ether oxygens (including phenoxy) is 2. The molecule has 0 unspecified atom stereocenters. The van der Waals surface area contributed by atoms with Crippen molar-refractivity contribution in [3.8, 4) is 5.75 Å². The lowest BCUT2D eigenvalue weighted by Crippen LogP contribution is -2.39. The van der Waals surface area contributed by atoms with Crippen LogP contribution < -0.4 is 14.5 Å². The highest BCUT2D eigenvalue weighted by Crippen LogP contribution is 2.32. The van der Waals surface area contributed by atoms with E-state index in [4.69, 9.17) is 14.5 Å². The van der Waals surface area contributed by atoms with E-state index in [1.165, 1.54) is 11.3 Å². The van der Waals surface area contributed by atoms with Crippen LogP contribution in [0.4, 0.5) is 10.8 Å². The number of carbonyl (C=O) groups excluding carboxylic acids is 1. The van der Waals surface area contributed by atoms with Crippen molar-refractivity contribution in [3.05, 3.63) is 48.0 Å². The van der Waals surface area contributed by atoms with Gasteiger partial charge in [-0.2, -0.15) is 0 Å². The highest BCUT2D eigenvalue weighted by Gasteiger charge is 2.22. The average Bonchev–Trinajstić information content (AvgIpc) is 3.25. The first-order valence-electron chi connectivity index (χ1n) is 11.5. The molecule has 0 N–H and O–H groups in total. The number of aromatic nitrogens is 1. The third kappa shape index (κ3) is 5.82. The van der Waals surface area contributed by atoms with E-state index in [0.717, 1.165) is 66.1 Å². The fraction of sp³-hybridized carbons (Fsp3) is 0.440. The molecule has 0 radical (unpaired) electrons. The maximum absolute atomic E-state index is 13.6. The zero-order valence-corrected chi connectivity index (χ0v) is 20.4. The Labute approximate surface area is 199 Å². The second-order valence-corrected chi connectivity index (χ2v) is 9.27. The maximum atomic E-state index is 13.6. The smallest absolute Gasteiger partial charge is 0.260 e. The Morgan fingerprint density at radius 1 is 1.15 bits per heavy atom. The molecule has 1 amide bonds. The Kier molecular flexibility index (Phi) is 7.80. The van der Waals surface area contributed by atoms with Crippen molar-refractivity contribution >= 4 is 38.3 Å². The first-order valence-corrected chi connectivity index (χ1v) is 12.3. The summed E-state index contributed by atoms with van der Waals surface area (Å²) in [6.07, 6.45) is 0.877. The van der Waals surface area contributed by atoms with Crippen LogP contribution in [0.5, 0.6) is 5.75 Å². The molecule has 176 valence electrons. The first kappa shape index (κ1) is 23.5. The monoisotopic (exact) mass is 468 g/mol. The van der Waals surface area contributed by atoms with Crippen molar-refractivity contribution in [2.75, 3.05) is 69.9 Å². The number of hydrogen-bond acceptors (Lipinski definition) is 7. The maximum Gasteiger partial charge on any atom is 0.260 e. The lowest BCUT2D eigenvalue weighted by molar-refractivity contribution is 0.0376. The van der Waals surface area contributed by atoms with Crippen LogP contribution in [-0.2, 0) is 4.74 Å². The van der Waals surface area contributed by atoms with Crippen molar-refractivity contribution in [2.24, 2.45) is 0 Å². The van der Waals surface area contributed by atoms with Gasteiger partial charge in [0.1, 0.15) is 5.75 Å². The molecule has 1 saturated heterocycles. The molecule has 0 bridgehead atoms. The molecule has 1 aliphatic rings. The van der Waals surface area contributed by atoms with Gasteiger partial charge in [0.25, 0.3) is 5.91 Å². The third-order valence-corrected chi connectivity index (χ3v) is 6.77. The molecule has 2 heterocycles. The predicted octanol–water partition coefficient (Wildman–Crippen LogP) is 4.13. The third-order valence-electron chi connectivity index (χ3n) is 5.73. The van der Waals surface area contributed by atoms with Gasteiger partial charge in [0, 0.05) is 51.5 Å². The number of benzene rings is 2. The number of anilines is 2. The molecule has 8 heteroatoms. The summed E-state index contributed by atoms with van der Waals surface area (Å²) in [5, 5.41) is 0.724. The quantitative estimate of drug-likeness (QED) is 0.471. The number of carbonyl (C=O) groups is 1. The molecule has 3 aromatic rings. The van der Waals surface area contributed by atoms with E-state index in [9.17, 15) is 4.79 Å². The number of thiazole rings is 1. The SMILES string of the molecule is CCOc1ccc2nc(N(CCCN3CCOCC3)C(=O)c3ccc(N(C)C)cc3)sc2c1. The van der Waals surface area contributed by atoms with Crippen LogP contribution in [-0.4, -0.2) is 75.9 Å². The lowest BCUT2D eigenvalue weighted by Gasteiger charge is -2.27. The predicted molar refractivity (Wildman–Crippen MR) is 135 cm³/mol. The van der Waals surface area contributed by atoms with E-state index in [2.05, 4.69) is 4.90 Å². The number of nitrogens with zero attached hydrogens (tertiary/aromatic N) is 4. The van der Waals surface area contributed by atoms with E-state index in [-0.39, 0.29) is 5.91 Å². The molecule has 4 rings (SSSR count). The van der Waals surface area contributed by atoms with Crippen LogP contribution in [0.3, 0.4) is 0 Å². The summed E-state index contributed by atoms with van der Waals surface area (Å²) in [5.74, 6) is 0.802. The molecule has 2 aromatic carbocycles. The minimum atomic E-state index is -0.0219. The van der Waals surface area contributed by atoms with Crippen molar-refractivity contribution in [3.63, 3.8) is 0 Å². The molecular formula is C25H32N4O3S. The summed E-state index contributed by atoms with van der Waals surface area (Å²) >= 11 is 1.53. The fourth-order valence-electron chi connectivity index (χ4n) is 3.88. The number of fused-ring (bicyclic) bond motifs is 1. The number of morpholine rings is 1. The highest BCUT2D eigenvalue weighted by atomic mass is 32.1. The Morgan fingerprint density at radius 2 is 1.91 bits per heavy atom. The number of hydrogen-bond donors (Lipinski definition) is 0. The van der Waals surface area contributed by atoms with Gasteiger partial charge in [0.2, 0.25) is 0 Å². The van der Waals surface area contributed by atoms with Crippen LogP contribution >= 0.6 is 11.3 Å². The van der Waals surface area contributed by atoms with E-state index >= 15 is 0 Å². The van der Waals surface area contributed by atoms with Gasteiger partial charge in [-0.05, 0) is 55.8 Å². The Hall–Kier alpha value is -2.68. The van der Waals surface area contributed by atoms with Crippen molar-refractivity contribution < 1.29 is 14.3 Å². The average molecular weight is 469 g/mol. The van der Waals surface area contributed by atoms with Gasteiger partial charge in [-0.15, -0.1) is 0 Å². The molecule has 33 heavy (non-hydrogen) atoms. The molecule has 7 nitrogen and oxygen atoms in total. The minimum absolute atomic E-state index is 0.0219. The molecule has 1 aromatic heterocycles. The molecule has 1 fully saturated rings. The van der Waals surface area contributed by atoms with Crippen LogP contribution in [0.15, 0.2) is 42.5 Å². The highest BCUT2D eigenvalue weighted by molar-refractivity contribution is 7.22. The number of amides is 1. The lowest BCUT2D eigenvalue weighted by atomic mass is 10.1. The number of rotatable bonds is 9. The van der Waals surface area contributed by atoms with Crippen LogP contribution in [0.2, 0.25) is 0 Å². The zero-order chi connectivity index (χ0) is 23.2. The first-order chi connectivity index (χ1) is 16.0. The normalized spacial score (nSPS) is 14.4. The molecule has 0 aliphatic carbocycles. The van der Waals surface area contributed by atoms with Crippen LogP contribution in [0, 0.1) is 0 Å². The van der Waals surface area contributed by atoms with Gasteiger partial charge in [-0.3, -0.25) is 14.6 Å². The summed E-state index contributed by atoms with van der Waals surface area (Å²) in [6.45, 7) is 7.59. The van der Waals surface area contributed by atoms with Gasteiger partial charge in [0.15, 0.2) is 5.13 Å². The van der Waals surface area contributed by atoms with Crippen LogP contribution in [0.25, 0.3) is 10.2 Å². The minimum Gasteiger partial charge on any atom is -0.494 e. The molecule has 0 saturated carbocycles. The standard InChI is InChI=1S/C25H32N4O3S/c1-4-32-21-10-11-22-23(18-21)33-25(26-22)29(13-5-12-28-14-16-31-17-15-28)24(30)19-6-8-20(9-7-19)27(2)3/h6-11,18H,4-5,12-17H2,1-3H3. The second-order valence-electron chi connectivity index (χ2n) is 8.26. The van der Waals surface area contributed by atoms with E-state index < -0.39 is 0 Å². The summed E-state index contributed by atoms with van der Waals surface area (Å²) in [4.78, 5) is 24.6. The molecule has 0 atom stereocenters. The fourth-order valence-corrected chi connectivity index (χ4v) is 4.90. The van der Waals surface area contributed by atoms with Gasteiger partial charge < -0.3 is 14.4 Å². The van der Waals surface area contributed by atoms with Gasteiger partial charge in [-0.1, -0.05) is 11.3 Å². The Balaban J connectivity index is 1.57. The van der Waals surface area contributed by atoms with Gasteiger partial charge in [0.05, 0.1) is 30.0 Å². The van der Waals surface area contributed by atoms with Crippen molar-refractivity contribution in [1.29, 1.82) is 0 Å². The zero-order valence-electron chi connectivity index (χ0n) is 19.6. The van der Waals surface area contributed by atoms with Gasteiger partial charge >= 0.3 is 0 Å². The summed E-state index contributed by atoms with van der Waals surface area (Å²) < 4.78 is 12.1. The Bertz CT molecular complexity index is 1060. The van der Waals surface area contributed by atoms with E-state index in [1.54, 1.807) is 0 Å². The Morgan fingerprint density at radius 3 is 2.61 bits per heavy atom. The molecule has 1 aliphatic heterocycles. The largest absolute Gasteiger partial charge is 0.494 e. The second kappa shape index (κ2) is 11.0. The van der Waals surface area contributed by atoms with Crippen molar-refractivity contribution in [2.45, 2.75) is 13.3 Å². The van der Waals surface area contributed by atoms with E-state index in [1.807, 2.05) is 73.3 Å². The summed E-state index contributed by atoms with van der Waals surface area (Å²) in [6, 6.07) is 13.6. The van der Waals surface area contributed by atoms with Crippen LogP contribution in [0.1, 0.15) is 23.7 Å². The topological polar surface area (TPSA) is 58.1 Å².